The molecule has 0 amide bonds. The highest BCUT2D eigenvalue weighted by Gasteiger charge is 2.70. The summed E-state index contributed by atoms with van der Waals surface area (Å²) in [4.78, 5) is 12.8. The second-order valence-corrected chi connectivity index (χ2v) is 11.3. The van der Waals surface area contributed by atoms with Gasteiger partial charge in [0.1, 0.15) is 11.5 Å². The molecule has 0 aromatic heterocycles. The molecule has 2 atom stereocenters. The summed E-state index contributed by atoms with van der Waals surface area (Å²) in [5, 5.41) is 10.5. The molecule has 32 heavy (non-hydrogen) atoms. The minimum absolute atomic E-state index is 0.0222. The molecule has 0 heterocycles. The van der Waals surface area contributed by atoms with Gasteiger partial charge in [-0.3, -0.25) is 4.79 Å². The van der Waals surface area contributed by atoms with Gasteiger partial charge in [-0.2, -0.15) is 0 Å². The van der Waals surface area contributed by atoms with Crippen molar-refractivity contribution in [3.63, 3.8) is 0 Å². The third kappa shape index (κ3) is 3.45. The predicted octanol–water partition coefficient (Wildman–Crippen LogP) is 7.25. The Bertz CT molecular complexity index is 885. The third-order valence-corrected chi connectivity index (χ3v) is 9.01. The number of unbranched alkanes of at least 4 members (excludes halogenated alkanes) is 3. The van der Waals surface area contributed by atoms with Crippen LogP contribution in [0.5, 0.6) is 11.5 Å². The molecule has 0 spiro atoms. The standard InChI is InChI=1S/C28H42O4/c1-9-10-11-12-13-25(2,3)19-16-21(31-7)23(22(17-19)32-8)20-18-27(6)14-15-28(20,24(29)30)26(27,4)5/h16-18H,9-15H2,1-8H3,(H,29,30)/t27-,28+/m1/s1. The van der Waals surface area contributed by atoms with Crippen LogP contribution in [-0.4, -0.2) is 25.3 Å². The van der Waals surface area contributed by atoms with E-state index in [0.717, 1.165) is 24.0 Å². The summed E-state index contributed by atoms with van der Waals surface area (Å²) in [6.07, 6.45) is 9.72. The molecule has 4 nitrogen and oxygen atoms in total. The van der Waals surface area contributed by atoms with E-state index >= 15 is 0 Å². The lowest BCUT2D eigenvalue weighted by Crippen LogP contribution is -2.42. The van der Waals surface area contributed by atoms with Gasteiger partial charge in [0.15, 0.2) is 0 Å². The van der Waals surface area contributed by atoms with Crippen molar-refractivity contribution in [2.24, 2.45) is 16.2 Å². The second-order valence-electron chi connectivity index (χ2n) is 11.3. The SMILES string of the molecule is CCCCCCC(C)(C)c1cc(OC)c(C2=C[C@@]3(C)CC[C@]2(C(=O)O)C3(C)C)c(OC)c1. The van der Waals surface area contributed by atoms with Crippen LogP contribution in [0.1, 0.15) is 97.6 Å². The number of ether oxygens (including phenoxy) is 2. The highest BCUT2D eigenvalue weighted by Crippen LogP contribution is 2.74. The average Bonchev–Trinajstić information content (AvgIpc) is 3.06. The number of carbonyl (C=O) groups is 1. The number of carboxylic acid groups (broad SMARTS) is 1. The number of hydrogen-bond donors (Lipinski definition) is 1. The van der Waals surface area contributed by atoms with Crippen molar-refractivity contribution in [3.8, 4) is 11.5 Å². The molecule has 0 unspecified atom stereocenters. The monoisotopic (exact) mass is 442 g/mol. The molecule has 3 rings (SSSR count). The number of benzene rings is 1. The third-order valence-electron chi connectivity index (χ3n) is 9.01. The molecule has 2 bridgehead atoms. The molecular weight excluding hydrogens is 400 g/mol. The Morgan fingerprint density at radius 3 is 2.09 bits per heavy atom. The molecule has 2 aliphatic rings. The maximum absolute atomic E-state index is 12.8. The first-order valence-electron chi connectivity index (χ1n) is 12.2. The summed E-state index contributed by atoms with van der Waals surface area (Å²) in [5.41, 5.74) is 1.29. The van der Waals surface area contributed by atoms with Gasteiger partial charge >= 0.3 is 5.97 Å². The normalized spacial score (nSPS) is 26.2. The zero-order valence-electron chi connectivity index (χ0n) is 21.4. The van der Waals surface area contributed by atoms with E-state index in [-0.39, 0.29) is 10.8 Å². The van der Waals surface area contributed by atoms with E-state index in [4.69, 9.17) is 9.47 Å². The van der Waals surface area contributed by atoms with Crippen LogP contribution in [0.15, 0.2) is 18.2 Å². The lowest BCUT2D eigenvalue weighted by Gasteiger charge is -2.40. The minimum atomic E-state index is -0.945. The van der Waals surface area contributed by atoms with E-state index < -0.39 is 16.8 Å². The topological polar surface area (TPSA) is 55.8 Å². The van der Waals surface area contributed by atoms with Crippen molar-refractivity contribution in [1.29, 1.82) is 0 Å². The first-order chi connectivity index (χ1) is 14.9. The zero-order chi connectivity index (χ0) is 23.9. The number of fused-ring (bicyclic) bond motifs is 2. The lowest BCUT2D eigenvalue weighted by atomic mass is 9.61. The molecule has 1 aromatic carbocycles. The van der Waals surface area contributed by atoms with E-state index in [1.54, 1.807) is 14.2 Å². The van der Waals surface area contributed by atoms with Crippen molar-refractivity contribution >= 4 is 11.5 Å². The van der Waals surface area contributed by atoms with E-state index in [0.29, 0.717) is 17.9 Å². The highest BCUT2D eigenvalue weighted by atomic mass is 16.5. The van der Waals surface area contributed by atoms with Gasteiger partial charge in [-0.05, 0) is 58.8 Å². The fourth-order valence-electron chi connectivity index (χ4n) is 6.21. The Morgan fingerprint density at radius 2 is 1.62 bits per heavy atom. The molecule has 1 fully saturated rings. The summed E-state index contributed by atoms with van der Waals surface area (Å²) in [6, 6.07) is 4.21. The molecule has 4 heteroatoms. The molecular formula is C28H42O4. The summed E-state index contributed by atoms with van der Waals surface area (Å²) in [5.74, 6) is 0.666. The van der Waals surface area contributed by atoms with Crippen molar-refractivity contribution < 1.29 is 19.4 Å². The smallest absolute Gasteiger partial charge is 0.314 e. The molecule has 0 saturated heterocycles. The number of allylic oxidation sites excluding steroid dienone is 1. The Morgan fingerprint density at radius 1 is 1.03 bits per heavy atom. The van der Waals surface area contributed by atoms with Crippen LogP contribution in [0.3, 0.4) is 0 Å². The quantitative estimate of drug-likeness (QED) is 0.388. The number of hydrogen-bond acceptors (Lipinski definition) is 3. The van der Waals surface area contributed by atoms with E-state index in [1.165, 1.54) is 31.2 Å². The summed E-state index contributed by atoms with van der Waals surface area (Å²) >= 11 is 0. The Hall–Kier alpha value is -1.97. The van der Waals surface area contributed by atoms with Crippen LogP contribution in [0.2, 0.25) is 0 Å². The second kappa shape index (κ2) is 8.43. The number of carboxylic acids is 1. The summed E-state index contributed by atoms with van der Waals surface area (Å²) in [7, 11) is 3.34. The fourth-order valence-corrected chi connectivity index (χ4v) is 6.21. The van der Waals surface area contributed by atoms with Crippen LogP contribution >= 0.6 is 0 Å². The van der Waals surface area contributed by atoms with Gasteiger partial charge < -0.3 is 14.6 Å². The van der Waals surface area contributed by atoms with Crippen molar-refractivity contribution in [1.82, 2.24) is 0 Å². The Labute approximate surface area is 194 Å². The van der Waals surface area contributed by atoms with Crippen LogP contribution < -0.4 is 9.47 Å². The number of aliphatic carboxylic acids is 1. The lowest BCUT2D eigenvalue weighted by molar-refractivity contribution is -0.150. The molecule has 2 aliphatic carbocycles. The van der Waals surface area contributed by atoms with Crippen molar-refractivity contribution in [2.45, 2.75) is 91.9 Å². The molecule has 1 N–H and O–H groups in total. The number of rotatable bonds is 10. The van der Waals surface area contributed by atoms with Gasteiger partial charge in [0, 0.05) is 0 Å². The maximum atomic E-state index is 12.8. The largest absolute Gasteiger partial charge is 0.496 e. The average molecular weight is 443 g/mol. The molecule has 0 aliphatic heterocycles. The summed E-state index contributed by atoms with van der Waals surface area (Å²) < 4.78 is 11.8. The molecule has 1 aromatic rings. The predicted molar refractivity (Wildman–Crippen MR) is 130 cm³/mol. The van der Waals surface area contributed by atoms with Crippen LogP contribution in [-0.2, 0) is 10.2 Å². The van der Waals surface area contributed by atoms with Crippen LogP contribution in [0, 0.1) is 16.2 Å². The van der Waals surface area contributed by atoms with Gasteiger partial charge in [0.25, 0.3) is 0 Å². The van der Waals surface area contributed by atoms with Crippen molar-refractivity contribution in [2.75, 3.05) is 14.2 Å². The van der Waals surface area contributed by atoms with Crippen LogP contribution in [0.4, 0.5) is 0 Å². The van der Waals surface area contributed by atoms with Gasteiger partial charge in [0.2, 0.25) is 0 Å². The van der Waals surface area contributed by atoms with Crippen LogP contribution in [0.25, 0.3) is 5.57 Å². The van der Waals surface area contributed by atoms with Gasteiger partial charge in [-0.25, -0.2) is 0 Å². The fraction of sp³-hybridized carbons (Fsp3) is 0.679. The maximum Gasteiger partial charge on any atom is 0.314 e. The summed E-state index contributed by atoms with van der Waals surface area (Å²) in [6.45, 7) is 13.2. The van der Waals surface area contributed by atoms with E-state index in [2.05, 4.69) is 59.8 Å². The first-order valence-corrected chi connectivity index (χ1v) is 12.2. The van der Waals surface area contributed by atoms with Crippen molar-refractivity contribution in [3.05, 3.63) is 29.3 Å². The molecule has 0 radical (unpaired) electrons. The Kier molecular flexibility index (Phi) is 6.49. The minimum Gasteiger partial charge on any atom is -0.496 e. The van der Waals surface area contributed by atoms with E-state index in [1.807, 2.05) is 0 Å². The van der Waals surface area contributed by atoms with Gasteiger partial charge in [-0.15, -0.1) is 0 Å². The zero-order valence-corrected chi connectivity index (χ0v) is 21.4. The number of methoxy groups -OCH3 is 2. The Balaban J connectivity index is 2.12. The van der Waals surface area contributed by atoms with E-state index in [9.17, 15) is 9.90 Å². The van der Waals surface area contributed by atoms with Gasteiger partial charge in [0.05, 0.1) is 25.2 Å². The van der Waals surface area contributed by atoms with Gasteiger partial charge in [-0.1, -0.05) is 73.3 Å². The molecule has 1 saturated carbocycles. The highest BCUT2D eigenvalue weighted by molar-refractivity contribution is 5.99. The molecule has 178 valence electrons. The first kappa shape index (κ1) is 24.7.